The molecule has 1 unspecified atom stereocenters. The van der Waals surface area contributed by atoms with Crippen molar-refractivity contribution < 1.29 is 9.52 Å². The van der Waals surface area contributed by atoms with Crippen molar-refractivity contribution >= 4 is 0 Å². The van der Waals surface area contributed by atoms with Gasteiger partial charge < -0.3 is 9.52 Å². The van der Waals surface area contributed by atoms with Gasteiger partial charge in [0.15, 0.2) is 0 Å². The van der Waals surface area contributed by atoms with Gasteiger partial charge in [0.25, 0.3) is 0 Å². The molecule has 1 N–H and O–H groups in total. The molecule has 2 heteroatoms. The van der Waals surface area contributed by atoms with Crippen molar-refractivity contribution in [2.24, 2.45) is 5.92 Å². The van der Waals surface area contributed by atoms with E-state index in [2.05, 4.69) is 0 Å². The molecule has 1 aromatic heterocycles. The second-order valence-corrected chi connectivity index (χ2v) is 3.90. The Bertz CT molecular complexity index is 235. The molecule has 2 nitrogen and oxygen atoms in total. The Hall–Kier alpha value is -0.760. The number of rotatable bonds is 2. The van der Waals surface area contributed by atoms with Crippen LogP contribution < -0.4 is 0 Å². The first kappa shape index (κ1) is 8.82. The SMILES string of the molecule is OC(c1ccoc1)C1CCCCC1. The maximum absolute atomic E-state index is 9.97. The molecule has 1 aliphatic rings. The van der Waals surface area contributed by atoms with Gasteiger partial charge in [0.2, 0.25) is 0 Å². The van der Waals surface area contributed by atoms with E-state index in [4.69, 9.17) is 4.42 Å². The highest BCUT2D eigenvalue weighted by atomic mass is 16.3. The fraction of sp³-hybridized carbons (Fsp3) is 0.636. The van der Waals surface area contributed by atoms with Crippen molar-refractivity contribution in [3.05, 3.63) is 24.2 Å². The lowest BCUT2D eigenvalue weighted by Crippen LogP contribution is -2.15. The van der Waals surface area contributed by atoms with Gasteiger partial charge in [-0.25, -0.2) is 0 Å². The summed E-state index contributed by atoms with van der Waals surface area (Å²) >= 11 is 0. The van der Waals surface area contributed by atoms with Gasteiger partial charge in [0, 0.05) is 5.56 Å². The van der Waals surface area contributed by atoms with Crippen LogP contribution in [0.1, 0.15) is 43.8 Å². The number of hydrogen-bond donors (Lipinski definition) is 1. The lowest BCUT2D eigenvalue weighted by molar-refractivity contribution is 0.0843. The van der Waals surface area contributed by atoms with Gasteiger partial charge in [-0.2, -0.15) is 0 Å². The maximum atomic E-state index is 9.97. The summed E-state index contributed by atoms with van der Waals surface area (Å²) in [6.07, 6.45) is 9.15. The molecule has 0 bridgehead atoms. The number of aliphatic hydroxyl groups is 1. The van der Waals surface area contributed by atoms with Gasteiger partial charge in [-0.05, 0) is 24.8 Å². The zero-order chi connectivity index (χ0) is 9.10. The third-order valence-corrected chi connectivity index (χ3v) is 2.98. The molecule has 1 heterocycles. The normalized spacial score (nSPS) is 21.6. The standard InChI is InChI=1S/C11H16O2/c12-11(10-6-7-13-8-10)9-4-2-1-3-5-9/h6-9,11-12H,1-5H2. The number of hydrogen-bond acceptors (Lipinski definition) is 2. The minimum absolute atomic E-state index is 0.306. The van der Waals surface area contributed by atoms with E-state index in [-0.39, 0.29) is 6.10 Å². The molecular weight excluding hydrogens is 164 g/mol. The Kier molecular flexibility index (Phi) is 2.69. The average Bonchev–Trinajstić information content (AvgIpc) is 2.71. The molecule has 72 valence electrons. The van der Waals surface area contributed by atoms with Crippen LogP contribution >= 0.6 is 0 Å². The highest BCUT2D eigenvalue weighted by molar-refractivity contribution is 5.10. The van der Waals surface area contributed by atoms with Crippen LogP contribution in [0.5, 0.6) is 0 Å². The monoisotopic (exact) mass is 180 g/mol. The van der Waals surface area contributed by atoms with E-state index < -0.39 is 0 Å². The molecule has 0 aliphatic heterocycles. The lowest BCUT2D eigenvalue weighted by atomic mass is 9.83. The van der Waals surface area contributed by atoms with Crippen molar-refractivity contribution in [3.63, 3.8) is 0 Å². The fourth-order valence-electron chi connectivity index (χ4n) is 2.17. The van der Waals surface area contributed by atoms with E-state index in [1.54, 1.807) is 12.5 Å². The minimum atomic E-state index is -0.306. The van der Waals surface area contributed by atoms with Crippen LogP contribution in [0.25, 0.3) is 0 Å². The zero-order valence-corrected chi connectivity index (χ0v) is 7.78. The Morgan fingerprint density at radius 2 is 2.08 bits per heavy atom. The average molecular weight is 180 g/mol. The zero-order valence-electron chi connectivity index (χ0n) is 7.78. The summed E-state index contributed by atoms with van der Waals surface area (Å²) in [7, 11) is 0. The van der Waals surface area contributed by atoms with E-state index in [9.17, 15) is 5.11 Å². The van der Waals surface area contributed by atoms with Gasteiger partial charge in [-0.15, -0.1) is 0 Å². The number of aliphatic hydroxyl groups excluding tert-OH is 1. The maximum Gasteiger partial charge on any atom is 0.0960 e. The summed E-state index contributed by atoms with van der Waals surface area (Å²) in [6.45, 7) is 0. The minimum Gasteiger partial charge on any atom is -0.472 e. The Morgan fingerprint density at radius 3 is 2.69 bits per heavy atom. The molecule has 1 atom stereocenters. The largest absolute Gasteiger partial charge is 0.472 e. The van der Waals surface area contributed by atoms with E-state index >= 15 is 0 Å². The van der Waals surface area contributed by atoms with Crippen LogP contribution in [0.2, 0.25) is 0 Å². The quantitative estimate of drug-likeness (QED) is 0.759. The third-order valence-electron chi connectivity index (χ3n) is 2.98. The van der Waals surface area contributed by atoms with Crippen molar-refractivity contribution in [1.82, 2.24) is 0 Å². The summed E-state index contributed by atoms with van der Waals surface area (Å²) in [5.41, 5.74) is 0.937. The van der Waals surface area contributed by atoms with E-state index in [1.165, 1.54) is 19.3 Å². The van der Waals surface area contributed by atoms with Crippen LogP contribution in [0, 0.1) is 5.92 Å². The van der Waals surface area contributed by atoms with Gasteiger partial charge >= 0.3 is 0 Å². The second kappa shape index (κ2) is 3.97. The predicted octanol–water partition coefficient (Wildman–Crippen LogP) is 2.89. The highest BCUT2D eigenvalue weighted by Crippen LogP contribution is 2.34. The first-order chi connectivity index (χ1) is 6.38. The van der Waals surface area contributed by atoms with Crippen LogP contribution in [-0.2, 0) is 0 Å². The van der Waals surface area contributed by atoms with Crippen molar-refractivity contribution in [1.29, 1.82) is 0 Å². The lowest BCUT2D eigenvalue weighted by Gasteiger charge is -2.25. The Morgan fingerprint density at radius 1 is 1.31 bits per heavy atom. The van der Waals surface area contributed by atoms with Crippen LogP contribution in [0.4, 0.5) is 0 Å². The molecule has 1 saturated carbocycles. The van der Waals surface area contributed by atoms with Gasteiger partial charge in [-0.3, -0.25) is 0 Å². The van der Waals surface area contributed by atoms with Crippen molar-refractivity contribution in [3.8, 4) is 0 Å². The molecule has 1 fully saturated rings. The smallest absolute Gasteiger partial charge is 0.0960 e. The van der Waals surface area contributed by atoms with Crippen LogP contribution in [-0.4, -0.2) is 5.11 Å². The molecule has 1 aliphatic carbocycles. The van der Waals surface area contributed by atoms with Gasteiger partial charge in [0.05, 0.1) is 18.6 Å². The summed E-state index contributed by atoms with van der Waals surface area (Å²) in [5.74, 6) is 0.450. The summed E-state index contributed by atoms with van der Waals surface area (Å²) < 4.78 is 4.97. The first-order valence-corrected chi connectivity index (χ1v) is 5.08. The molecule has 2 rings (SSSR count). The number of furan rings is 1. The molecular formula is C11H16O2. The molecule has 13 heavy (non-hydrogen) atoms. The molecule has 0 radical (unpaired) electrons. The van der Waals surface area contributed by atoms with Crippen molar-refractivity contribution in [2.75, 3.05) is 0 Å². The molecule has 1 aromatic rings. The molecule has 0 spiro atoms. The third kappa shape index (κ3) is 1.94. The first-order valence-electron chi connectivity index (χ1n) is 5.08. The highest BCUT2D eigenvalue weighted by Gasteiger charge is 2.23. The van der Waals surface area contributed by atoms with E-state index in [1.807, 2.05) is 6.07 Å². The van der Waals surface area contributed by atoms with E-state index in [0.717, 1.165) is 18.4 Å². The van der Waals surface area contributed by atoms with Crippen LogP contribution in [0.15, 0.2) is 23.0 Å². The predicted molar refractivity (Wildman–Crippen MR) is 50.2 cm³/mol. The molecule has 0 amide bonds. The summed E-state index contributed by atoms with van der Waals surface area (Å²) in [4.78, 5) is 0. The molecule has 0 saturated heterocycles. The second-order valence-electron chi connectivity index (χ2n) is 3.90. The van der Waals surface area contributed by atoms with Crippen LogP contribution in [0.3, 0.4) is 0 Å². The van der Waals surface area contributed by atoms with Gasteiger partial charge in [0.1, 0.15) is 0 Å². The van der Waals surface area contributed by atoms with Crippen molar-refractivity contribution in [2.45, 2.75) is 38.2 Å². The van der Waals surface area contributed by atoms with E-state index in [0.29, 0.717) is 5.92 Å². The molecule has 0 aromatic carbocycles. The topological polar surface area (TPSA) is 33.4 Å². The summed E-state index contributed by atoms with van der Waals surface area (Å²) in [6, 6.07) is 1.86. The summed E-state index contributed by atoms with van der Waals surface area (Å²) in [5, 5.41) is 9.97. The fourth-order valence-corrected chi connectivity index (χ4v) is 2.17. The Labute approximate surface area is 78.6 Å². The Balaban J connectivity index is 1.99. The van der Waals surface area contributed by atoms with Gasteiger partial charge in [-0.1, -0.05) is 19.3 Å².